The number of benzene rings is 2. The molecule has 21 heavy (non-hydrogen) atoms. The van der Waals surface area contributed by atoms with Crippen molar-refractivity contribution in [3.63, 3.8) is 0 Å². The highest BCUT2D eigenvalue weighted by Crippen LogP contribution is 2.31. The van der Waals surface area contributed by atoms with Gasteiger partial charge in [0.1, 0.15) is 10.7 Å². The molecule has 0 heterocycles. The van der Waals surface area contributed by atoms with E-state index in [1.54, 1.807) is 30.3 Å². The maximum atomic E-state index is 11.2. The van der Waals surface area contributed by atoms with E-state index in [1.807, 2.05) is 12.1 Å². The molecular weight excluding hydrogens is 352 g/mol. The smallest absolute Gasteiger partial charge is 0.221 e. The molecule has 0 saturated carbocycles. The zero-order chi connectivity index (χ0) is 15.4. The minimum Gasteiger partial charge on any atom is -0.455 e. The fourth-order valence-corrected chi connectivity index (χ4v) is 2.62. The number of ether oxygens (including phenoxy) is 1. The van der Waals surface area contributed by atoms with Crippen LogP contribution in [0.2, 0.25) is 0 Å². The van der Waals surface area contributed by atoms with Crippen LogP contribution in [0.3, 0.4) is 0 Å². The Hall–Kier alpha value is -1.92. The monoisotopic (exact) mass is 364 g/mol. The van der Waals surface area contributed by atoms with Crippen molar-refractivity contribution in [2.24, 2.45) is 5.73 Å². The molecule has 0 aromatic heterocycles. The van der Waals surface area contributed by atoms with Gasteiger partial charge in [0, 0.05) is 17.0 Å². The number of para-hydroxylation sites is 2. The minimum atomic E-state index is -0.156. The summed E-state index contributed by atoms with van der Waals surface area (Å²) in [5.41, 5.74) is 6.96. The molecule has 2 aromatic carbocycles. The maximum absolute atomic E-state index is 11.2. The minimum absolute atomic E-state index is 0.156. The van der Waals surface area contributed by atoms with Crippen LogP contribution >= 0.6 is 28.1 Å². The second kappa shape index (κ2) is 6.69. The second-order valence-corrected chi connectivity index (χ2v) is 5.58. The molecule has 108 valence electrons. The van der Waals surface area contributed by atoms with Crippen LogP contribution in [0.5, 0.6) is 11.5 Å². The number of nitrogens with one attached hydrogen (secondary N) is 1. The van der Waals surface area contributed by atoms with Crippen LogP contribution in [0.4, 0.5) is 5.69 Å². The Kier molecular flexibility index (Phi) is 4.93. The Labute approximate surface area is 136 Å². The maximum Gasteiger partial charge on any atom is 0.221 e. The number of carbonyl (C=O) groups is 1. The largest absolute Gasteiger partial charge is 0.455 e. The fourth-order valence-electron chi connectivity index (χ4n) is 1.73. The van der Waals surface area contributed by atoms with Gasteiger partial charge in [-0.1, -0.05) is 24.4 Å². The molecule has 0 saturated heterocycles. The summed E-state index contributed by atoms with van der Waals surface area (Å²) in [5, 5.41) is 2.72. The van der Waals surface area contributed by atoms with E-state index in [2.05, 4.69) is 21.2 Å². The van der Waals surface area contributed by atoms with Gasteiger partial charge in [0.25, 0.3) is 0 Å². The standard InChI is InChI=1S/C15H13BrN2O2S/c1-9(19)18-13-4-2-3-5-14(13)20-10-6-7-11(15(17)21)12(16)8-10/h2-8H,1H3,(H2,17,21)(H,18,19). The molecule has 0 fully saturated rings. The molecule has 6 heteroatoms. The molecule has 0 bridgehead atoms. The number of hydrogen-bond acceptors (Lipinski definition) is 3. The molecule has 0 unspecified atom stereocenters. The first-order valence-electron chi connectivity index (χ1n) is 6.11. The third-order valence-corrected chi connectivity index (χ3v) is 3.51. The van der Waals surface area contributed by atoms with Gasteiger partial charge < -0.3 is 15.8 Å². The highest BCUT2D eigenvalue weighted by molar-refractivity contribution is 9.10. The molecule has 2 aromatic rings. The van der Waals surface area contributed by atoms with Crippen LogP contribution in [0, 0.1) is 0 Å². The van der Waals surface area contributed by atoms with Gasteiger partial charge in [-0.25, -0.2) is 0 Å². The number of nitrogens with two attached hydrogens (primary N) is 1. The molecule has 0 radical (unpaired) electrons. The number of rotatable bonds is 4. The van der Waals surface area contributed by atoms with Crippen LogP contribution in [0.15, 0.2) is 46.9 Å². The predicted octanol–water partition coefficient (Wildman–Crippen LogP) is 3.83. The lowest BCUT2D eigenvalue weighted by molar-refractivity contribution is -0.114. The number of anilines is 1. The molecule has 0 spiro atoms. The first-order valence-corrected chi connectivity index (χ1v) is 7.31. The normalized spacial score (nSPS) is 10.0. The zero-order valence-electron chi connectivity index (χ0n) is 11.2. The topological polar surface area (TPSA) is 64.3 Å². The third kappa shape index (κ3) is 4.03. The Morgan fingerprint density at radius 3 is 2.62 bits per heavy atom. The number of amides is 1. The summed E-state index contributed by atoms with van der Waals surface area (Å²) in [6, 6.07) is 12.5. The van der Waals surface area contributed by atoms with Crippen LogP contribution in [0.25, 0.3) is 0 Å². The molecule has 0 atom stereocenters. The Bertz CT molecular complexity index is 704. The molecule has 0 aliphatic carbocycles. The van der Waals surface area contributed by atoms with Crippen molar-refractivity contribution in [3.8, 4) is 11.5 Å². The van der Waals surface area contributed by atoms with Gasteiger partial charge >= 0.3 is 0 Å². The summed E-state index contributed by atoms with van der Waals surface area (Å²) in [7, 11) is 0. The lowest BCUT2D eigenvalue weighted by Crippen LogP contribution is -2.10. The summed E-state index contributed by atoms with van der Waals surface area (Å²) in [4.78, 5) is 11.5. The van der Waals surface area contributed by atoms with Crippen molar-refractivity contribution < 1.29 is 9.53 Å². The van der Waals surface area contributed by atoms with Gasteiger partial charge in [-0.15, -0.1) is 0 Å². The first kappa shape index (κ1) is 15.5. The first-order chi connectivity index (χ1) is 9.97. The van der Waals surface area contributed by atoms with Crippen LogP contribution in [-0.2, 0) is 4.79 Å². The molecule has 0 aliphatic heterocycles. The highest BCUT2D eigenvalue weighted by Gasteiger charge is 2.08. The molecule has 2 rings (SSSR count). The SMILES string of the molecule is CC(=O)Nc1ccccc1Oc1ccc(C(N)=S)c(Br)c1. The third-order valence-electron chi connectivity index (χ3n) is 2.63. The quantitative estimate of drug-likeness (QED) is 0.809. The molecule has 0 aliphatic rings. The number of carbonyl (C=O) groups excluding carboxylic acids is 1. The average molecular weight is 365 g/mol. The summed E-state index contributed by atoms with van der Waals surface area (Å²) in [6.45, 7) is 1.45. The number of halogens is 1. The van der Waals surface area contributed by atoms with E-state index < -0.39 is 0 Å². The summed E-state index contributed by atoms with van der Waals surface area (Å²) in [6.07, 6.45) is 0. The molecule has 1 amide bonds. The second-order valence-electron chi connectivity index (χ2n) is 4.29. The van der Waals surface area contributed by atoms with Crippen molar-refractivity contribution in [1.82, 2.24) is 0 Å². The van der Waals surface area contributed by atoms with E-state index in [-0.39, 0.29) is 5.91 Å². The van der Waals surface area contributed by atoms with Gasteiger partial charge in [0.15, 0.2) is 5.75 Å². The van der Waals surface area contributed by atoms with Gasteiger partial charge in [0.2, 0.25) is 5.91 Å². The lowest BCUT2D eigenvalue weighted by atomic mass is 10.2. The van der Waals surface area contributed by atoms with Crippen LogP contribution < -0.4 is 15.8 Å². The van der Waals surface area contributed by atoms with E-state index >= 15 is 0 Å². The Morgan fingerprint density at radius 2 is 2.00 bits per heavy atom. The van der Waals surface area contributed by atoms with Gasteiger partial charge in [0.05, 0.1) is 5.69 Å². The van der Waals surface area contributed by atoms with Crippen LogP contribution in [-0.4, -0.2) is 10.9 Å². The molecule has 4 nitrogen and oxygen atoms in total. The summed E-state index contributed by atoms with van der Waals surface area (Å²) < 4.78 is 6.55. The highest BCUT2D eigenvalue weighted by atomic mass is 79.9. The van der Waals surface area contributed by atoms with E-state index in [0.29, 0.717) is 22.2 Å². The van der Waals surface area contributed by atoms with Crippen molar-refractivity contribution in [2.45, 2.75) is 6.92 Å². The summed E-state index contributed by atoms with van der Waals surface area (Å²) in [5.74, 6) is 1.01. The Morgan fingerprint density at radius 1 is 1.29 bits per heavy atom. The van der Waals surface area contributed by atoms with Gasteiger partial charge in [-0.3, -0.25) is 4.79 Å². The summed E-state index contributed by atoms with van der Waals surface area (Å²) >= 11 is 8.35. The van der Waals surface area contributed by atoms with Gasteiger partial charge in [-0.05, 0) is 46.3 Å². The number of hydrogen-bond donors (Lipinski definition) is 2. The fraction of sp³-hybridized carbons (Fsp3) is 0.0667. The molecule has 3 N–H and O–H groups in total. The van der Waals surface area contributed by atoms with Crippen molar-refractivity contribution >= 4 is 44.7 Å². The van der Waals surface area contributed by atoms with E-state index in [1.165, 1.54) is 6.92 Å². The number of thiocarbonyl (C=S) groups is 1. The van der Waals surface area contributed by atoms with Crippen molar-refractivity contribution in [2.75, 3.05) is 5.32 Å². The Balaban J connectivity index is 2.28. The average Bonchev–Trinajstić information content (AvgIpc) is 2.40. The lowest BCUT2D eigenvalue weighted by Gasteiger charge is -2.12. The van der Waals surface area contributed by atoms with E-state index in [4.69, 9.17) is 22.7 Å². The van der Waals surface area contributed by atoms with Gasteiger partial charge in [-0.2, -0.15) is 0 Å². The van der Waals surface area contributed by atoms with Crippen molar-refractivity contribution in [1.29, 1.82) is 0 Å². The van der Waals surface area contributed by atoms with E-state index in [0.717, 1.165) is 10.0 Å². The molecular formula is C15H13BrN2O2S. The predicted molar refractivity (Wildman–Crippen MR) is 90.8 cm³/mol. The van der Waals surface area contributed by atoms with Crippen LogP contribution in [0.1, 0.15) is 12.5 Å². The van der Waals surface area contributed by atoms with E-state index in [9.17, 15) is 4.79 Å². The van der Waals surface area contributed by atoms with Crippen molar-refractivity contribution in [3.05, 3.63) is 52.5 Å². The zero-order valence-corrected chi connectivity index (χ0v) is 13.6.